The van der Waals surface area contributed by atoms with Crippen LogP contribution < -0.4 is 19.5 Å². The monoisotopic (exact) mass is 453 g/mol. The molecule has 0 saturated carbocycles. The highest BCUT2D eigenvalue weighted by Gasteiger charge is 2.29. The lowest BCUT2D eigenvalue weighted by molar-refractivity contribution is -0.123. The molecule has 3 rings (SSSR count). The first kappa shape index (κ1) is 23.8. The molecule has 2 N–H and O–H groups in total. The summed E-state index contributed by atoms with van der Waals surface area (Å²) in [5, 5.41) is 2.91. The minimum Gasteiger partial charge on any atom is -0.490 e. The summed E-state index contributed by atoms with van der Waals surface area (Å²) in [6.07, 6.45) is 3.17. The highest BCUT2D eigenvalue weighted by Crippen LogP contribution is 2.32. The number of carbonyl (C=O) groups is 1. The van der Waals surface area contributed by atoms with Crippen molar-refractivity contribution in [3.8, 4) is 11.5 Å². The van der Waals surface area contributed by atoms with Gasteiger partial charge in [-0.05, 0) is 43.4 Å². The van der Waals surface area contributed by atoms with Gasteiger partial charge in [-0.15, -0.1) is 0 Å². The van der Waals surface area contributed by atoms with Crippen molar-refractivity contribution >= 4 is 15.9 Å². The van der Waals surface area contributed by atoms with Gasteiger partial charge in [0.15, 0.2) is 11.5 Å². The number of hydrogen-bond donors (Lipinski definition) is 2. The Bertz CT molecular complexity index is 859. The molecular formula is C22H35N3O5S. The number of fused-ring (bicyclic) bond motifs is 1. The highest BCUT2D eigenvalue weighted by molar-refractivity contribution is 7.89. The molecule has 1 aromatic carbocycles. The molecule has 2 heterocycles. The van der Waals surface area contributed by atoms with Crippen molar-refractivity contribution in [2.45, 2.75) is 51.0 Å². The maximum atomic E-state index is 13.0. The Morgan fingerprint density at radius 2 is 1.94 bits per heavy atom. The van der Waals surface area contributed by atoms with Gasteiger partial charge in [0.2, 0.25) is 15.9 Å². The summed E-state index contributed by atoms with van der Waals surface area (Å²) in [4.78, 5) is 15.2. The van der Waals surface area contributed by atoms with Crippen molar-refractivity contribution in [2.75, 3.05) is 39.4 Å². The summed E-state index contributed by atoms with van der Waals surface area (Å²) in [6, 6.07) is 3.67. The number of sulfonamides is 1. The number of likely N-dealkylation sites (tertiary alicyclic amines) is 1. The Morgan fingerprint density at radius 3 is 2.65 bits per heavy atom. The van der Waals surface area contributed by atoms with E-state index in [0.29, 0.717) is 37.2 Å². The third kappa shape index (κ3) is 6.57. The number of rotatable bonds is 8. The number of piperidine rings is 1. The van der Waals surface area contributed by atoms with E-state index < -0.39 is 16.1 Å². The summed E-state index contributed by atoms with van der Waals surface area (Å²) in [5.74, 6) is 1.10. The first-order chi connectivity index (χ1) is 14.8. The van der Waals surface area contributed by atoms with Crippen LogP contribution in [-0.4, -0.2) is 64.7 Å². The Morgan fingerprint density at radius 1 is 1.19 bits per heavy atom. The van der Waals surface area contributed by atoms with E-state index in [0.717, 1.165) is 26.1 Å². The van der Waals surface area contributed by atoms with E-state index in [4.69, 9.17) is 9.47 Å². The van der Waals surface area contributed by atoms with Crippen LogP contribution in [0.1, 0.15) is 40.0 Å². The number of hydrogen-bond acceptors (Lipinski definition) is 6. The summed E-state index contributed by atoms with van der Waals surface area (Å²) < 4.78 is 39.7. The van der Waals surface area contributed by atoms with E-state index in [1.54, 1.807) is 6.07 Å². The molecule has 31 heavy (non-hydrogen) atoms. The summed E-state index contributed by atoms with van der Waals surface area (Å²) >= 11 is 0. The van der Waals surface area contributed by atoms with E-state index in [1.807, 2.05) is 13.8 Å². The van der Waals surface area contributed by atoms with Gasteiger partial charge in [0.25, 0.3) is 0 Å². The van der Waals surface area contributed by atoms with Crippen LogP contribution in [0.15, 0.2) is 23.1 Å². The molecule has 0 spiro atoms. The summed E-state index contributed by atoms with van der Waals surface area (Å²) in [7, 11) is -3.90. The first-order valence-electron chi connectivity index (χ1n) is 11.2. The van der Waals surface area contributed by atoms with E-state index in [1.165, 1.54) is 25.0 Å². The molecule has 2 atom stereocenters. The van der Waals surface area contributed by atoms with E-state index in [9.17, 15) is 13.2 Å². The van der Waals surface area contributed by atoms with E-state index in [2.05, 4.69) is 21.9 Å². The predicted octanol–water partition coefficient (Wildman–Crippen LogP) is 2.00. The smallest absolute Gasteiger partial charge is 0.241 e. The molecule has 0 radical (unpaired) electrons. The molecule has 1 aromatic rings. The number of benzene rings is 1. The highest BCUT2D eigenvalue weighted by atomic mass is 32.2. The lowest BCUT2D eigenvalue weighted by Gasteiger charge is -2.31. The van der Waals surface area contributed by atoms with Gasteiger partial charge < -0.3 is 19.7 Å². The van der Waals surface area contributed by atoms with Crippen LogP contribution in [0.2, 0.25) is 0 Å². The van der Waals surface area contributed by atoms with Crippen molar-refractivity contribution in [1.82, 2.24) is 14.9 Å². The average molecular weight is 454 g/mol. The molecule has 1 amide bonds. The maximum absolute atomic E-state index is 13.0. The largest absolute Gasteiger partial charge is 0.490 e. The van der Waals surface area contributed by atoms with Crippen molar-refractivity contribution in [1.29, 1.82) is 0 Å². The number of ether oxygens (including phenoxy) is 2. The number of nitrogens with zero attached hydrogens (tertiary/aromatic N) is 1. The molecule has 1 fully saturated rings. The second-order valence-corrected chi connectivity index (χ2v) is 10.6. The zero-order valence-electron chi connectivity index (χ0n) is 18.7. The molecule has 0 aromatic heterocycles. The Balaban J connectivity index is 1.61. The van der Waals surface area contributed by atoms with Crippen LogP contribution in [0.4, 0.5) is 0 Å². The van der Waals surface area contributed by atoms with Crippen LogP contribution in [-0.2, 0) is 14.8 Å². The predicted molar refractivity (Wildman–Crippen MR) is 119 cm³/mol. The van der Waals surface area contributed by atoms with Gasteiger partial charge in [-0.25, -0.2) is 8.42 Å². The fourth-order valence-electron chi connectivity index (χ4n) is 3.98. The summed E-state index contributed by atoms with van der Waals surface area (Å²) in [5.41, 5.74) is 0. The van der Waals surface area contributed by atoms with Crippen molar-refractivity contribution < 1.29 is 22.7 Å². The quantitative estimate of drug-likeness (QED) is 0.625. The number of nitrogens with one attached hydrogen (secondary N) is 2. The van der Waals surface area contributed by atoms with Gasteiger partial charge in [0.05, 0.1) is 18.1 Å². The molecule has 9 heteroatoms. The van der Waals surface area contributed by atoms with Gasteiger partial charge in [-0.3, -0.25) is 4.79 Å². The molecule has 174 valence electrons. The first-order valence-corrected chi connectivity index (χ1v) is 12.7. The van der Waals surface area contributed by atoms with Gasteiger partial charge in [0.1, 0.15) is 6.04 Å². The number of carbonyl (C=O) groups excluding carboxylic acids is 1. The maximum Gasteiger partial charge on any atom is 0.241 e. The average Bonchev–Trinajstić information content (AvgIpc) is 2.96. The Hall–Kier alpha value is -1.84. The number of amides is 1. The molecule has 2 aliphatic heterocycles. The van der Waals surface area contributed by atoms with Crippen LogP contribution >= 0.6 is 0 Å². The van der Waals surface area contributed by atoms with Crippen molar-refractivity contribution in [3.63, 3.8) is 0 Å². The topological polar surface area (TPSA) is 97.0 Å². The van der Waals surface area contributed by atoms with Gasteiger partial charge in [-0.1, -0.05) is 20.8 Å². The van der Waals surface area contributed by atoms with Gasteiger partial charge in [-0.2, -0.15) is 4.72 Å². The Labute approximate surface area is 185 Å². The lowest BCUT2D eigenvalue weighted by Crippen LogP contribution is -2.51. The molecule has 8 nitrogen and oxygen atoms in total. The van der Waals surface area contributed by atoms with Crippen LogP contribution in [0.5, 0.6) is 11.5 Å². The molecule has 2 unspecified atom stereocenters. The second kappa shape index (κ2) is 10.7. The molecular weight excluding hydrogens is 418 g/mol. The normalized spacial score (nSPS) is 20.8. The standard InChI is InChI=1S/C22H35N3O5S/c1-16(2)21(22(26)23-9-11-25-10-4-6-17(3)15-25)24-31(27,28)18-7-8-19-20(14-18)30-13-5-12-29-19/h7-8,14,16-17,21,24H,4-6,9-13,15H2,1-3H3,(H,23,26). The van der Waals surface area contributed by atoms with E-state index in [-0.39, 0.29) is 16.7 Å². The lowest BCUT2D eigenvalue weighted by atomic mass is 10.0. The van der Waals surface area contributed by atoms with E-state index >= 15 is 0 Å². The third-order valence-electron chi connectivity index (χ3n) is 5.73. The fraction of sp³-hybridized carbons (Fsp3) is 0.682. The zero-order chi connectivity index (χ0) is 22.4. The minimum atomic E-state index is -3.90. The SMILES string of the molecule is CC1CCCN(CCNC(=O)C(NS(=O)(=O)c2ccc3c(c2)OCCCO3)C(C)C)C1. The molecule has 0 bridgehead atoms. The van der Waals surface area contributed by atoms with Crippen LogP contribution in [0, 0.1) is 11.8 Å². The van der Waals surface area contributed by atoms with Crippen LogP contribution in [0.25, 0.3) is 0 Å². The van der Waals surface area contributed by atoms with Crippen LogP contribution in [0.3, 0.4) is 0 Å². The van der Waals surface area contributed by atoms with Gasteiger partial charge in [0, 0.05) is 32.1 Å². The third-order valence-corrected chi connectivity index (χ3v) is 7.17. The molecule has 2 aliphatic rings. The van der Waals surface area contributed by atoms with Crippen molar-refractivity contribution in [2.24, 2.45) is 11.8 Å². The Kier molecular flexibility index (Phi) is 8.18. The van der Waals surface area contributed by atoms with Gasteiger partial charge >= 0.3 is 0 Å². The second-order valence-electron chi connectivity index (χ2n) is 8.84. The minimum absolute atomic E-state index is 0.0532. The zero-order valence-corrected chi connectivity index (χ0v) is 19.5. The molecule has 0 aliphatic carbocycles. The summed E-state index contributed by atoms with van der Waals surface area (Å²) in [6.45, 7) is 10.3. The molecule has 1 saturated heterocycles. The van der Waals surface area contributed by atoms with Crippen molar-refractivity contribution in [3.05, 3.63) is 18.2 Å². The fourth-order valence-corrected chi connectivity index (χ4v) is 5.33.